The van der Waals surface area contributed by atoms with Crippen LogP contribution in [-0.4, -0.2) is 81.1 Å². The van der Waals surface area contributed by atoms with Crippen LogP contribution in [0, 0.1) is 0 Å². The summed E-state index contributed by atoms with van der Waals surface area (Å²) in [4.78, 5) is 32.3. The Morgan fingerprint density at radius 1 is 1.00 bits per heavy atom. The lowest BCUT2D eigenvalue weighted by Crippen LogP contribution is -2.32. The molecule has 0 aliphatic carbocycles. The number of amides is 1. The van der Waals surface area contributed by atoms with E-state index >= 15 is 0 Å². The van der Waals surface area contributed by atoms with E-state index in [1.165, 1.54) is 14.2 Å². The molecule has 0 saturated carbocycles. The van der Waals surface area contributed by atoms with Crippen molar-refractivity contribution in [2.75, 3.05) is 59.4 Å². The van der Waals surface area contributed by atoms with Crippen LogP contribution in [0.5, 0.6) is 11.5 Å². The molecule has 1 aliphatic heterocycles. The number of aliphatic hydroxyl groups is 1. The van der Waals surface area contributed by atoms with E-state index in [1.807, 2.05) is 43.3 Å². The summed E-state index contributed by atoms with van der Waals surface area (Å²) in [6, 6.07) is 12.1. The average molecular weight is 496 g/mol. The number of Topliss-reactive ketones (excluding diaryl/α,β-unsaturated/α-hetero) is 1. The molecule has 8 heteroatoms. The predicted octanol–water partition coefficient (Wildman–Crippen LogP) is 3.92. The third-order valence-electron chi connectivity index (χ3n) is 6.55. The number of methoxy groups -OCH3 is 2. The van der Waals surface area contributed by atoms with Crippen LogP contribution in [-0.2, 0) is 9.59 Å². The minimum absolute atomic E-state index is 0.0592. The SMILES string of the molecule is CCN(CC)c1ccc(C2/C(=C(/O)c3ccc(OC)cc3OC)C(=O)C(=O)N2CCCN(C)C)cc1. The molecule has 0 spiro atoms. The monoisotopic (exact) mass is 495 g/mol. The van der Waals surface area contributed by atoms with Crippen LogP contribution in [0.25, 0.3) is 5.76 Å². The lowest BCUT2D eigenvalue weighted by molar-refractivity contribution is -0.139. The first-order valence-corrected chi connectivity index (χ1v) is 12.3. The summed E-state index contributed by atoms with van der Waals surface area (Å²) in [7, 11) is 6.95. The van der Waals surface area contributed by atoms with Gasteiger partial charge >= 0.3 is 0 Å². The Morgan fingerprint density at radius 3 is 2.22 bits per heavy atom. The van der Waals surface area contributed by atoms with Crippen molar-refractivity contribution in [3.63, 3.8) is 0 Å². The quantitative estimate of drug-likeness (QED) is 0.287. The lowest BCUT2D eigenvalue weighted by Gasteiger charge is -2.27. The molecule has 1 fully saturated rings. The molecule has 2 aromatic rings. The molecule has 36 heavy (non-hydrogen) atoms. The Labute approximate surface area is 213 Å². The first-order chi connectivity index (χ1) is 17.3. The summed E-state index contributed by atoms with van der Waals surface area (Å²) in [5.74, 6) is -0.674. The van der Waals surface area contributed by atoms with Gasteiger partial charge in [0.15, 0.2) is 0 Å². The highest BCUT2D eigenvalue weighted by atomic mass is 16.5. The van der Waals surface area contributed by atoms with Crippen LogP contribution >= 0.6 is 0 Å². The zero-order valence-electron chi connectivity index (χ0n) is 22.1. The summed E-state index contributed by atoms with van der Waals surface area (Å²) in [6.45, 7) is 7.09. The Morgan fingerprint density at radius 2 is 1.67 bits per heavy atom. The van der Waals surface area contributed by atoms with Gasteiger partial charge in [0, 0.05) is 31.4 Å². The van der Waals surface area contributed by atoms with Gasteiger partial charge in [0.2, 0.25) is 0 Å². The molecule has 3 rings (SSSR count). The van der Waals surface area contributed by atoms with E-state index in [-0.39, 0.29) is 11.3 Å². The third kappa shape index (κ3) is 5.49. The van der Waals surface area contributed by atoms with Crippen molar-refractivity contribution in [3.8, 4) is 11.5 Å². The standard InChI is InChI=1S/C28H37N3O5/c1-7-30(8-2)20-12-10-19(11-13-20)25-24(27(33)28(34)31(25)17-9-16-29(3)4)26(32)22-15-14-21(35-5)18-23(22)36-6/h10-15,18,25,32H,7-9,16-17H2,1-6H3/b26-24-. The highest BCUT2D eigenvalue weighted by Crippen LogP contribution is 2.42. The number of ketones is 1. The summed E-state index contributed by atoms with van der Waals surface area (Å²) < 4.78 is 10.7. The number of likely N-dealkylation sites (tertiary alicyclic amines) is 1. The number of carbonyl (C=O) groups excluding carboxylic acids is 2. The van der Waals surface area contributed by atoms with Gasteiger partial charge in [0.1, 0.15) is 17.3 Å². The molecule has 8 nitrogen and oxygen atoms in total. The molecule has 0 bridgehead atoms. The van der Waals surface area contributed by atoms with Crippen LogP contribution in [0.1, 0.15) is 37.4 Å². The first-order valence-electron chi connectivity index (χ1n) is 12.3. The molecule has 1 aliphatic rings. The summed E-state index contributed by atoms with van der Waals surface area (Å²) >= 11 is 0. The zero-order valence-corrected chi connectivity index (χ0v) is 22.1. The molecule has 1 atom stereocenters. The van der Waals surface area contributed by atoms with E-state index in [9.17, 15) is 14.7 Å². The number of ether oxygens (including phenoxy) is 2. The Kier molecular flexibility index (Phi) is 8.98. The second kappa shape index (κ2) is 11.9. The van der Waals surface area contributed by atoms with Gasteiger partial charge in [-0.2, -0.15) is 0 Å². The van der Waals surface area contributed by atoms with Crippen molar-refractivity contribution in [2.45, 2.75) is 26.3 Å². The van der Waals surface area contributed by atoms with Gasteiger partial charge in [-0.15, -0.1) is 0 Å². The number of hydrogen-bond donors (Lipinski definition) is 1. The molecule has 0 radical (unpaired) electrons. The maximum atomic E-state index is 13.3. The highest BCUT2D eigenvalue weighted by Gasteiger charge is 2.46. The Hall–Kier alpha value is -3.52. The van der Waals surface area contributed by atoms with Crippen molar-refractivity contribution in [1.82, 2.24) is 9.80 Å². The molecule has 1 amide bonds. The maximum absolute atomic E-state index is 13.3. The first kappa shape index (κ1) is 27.1. The molecular weight excluding hydrogens is 458 g/mol. The molecule has 1 unspecified atom stereocenters. The summed E-state index contributed by atoms with van der Waals surface area (Å²) in [5.41, 5.74) is 2.22. The van der Waals surface area contributed by atoms with E-state index < -0.39 is 17.7 Å². The maximum Gasteiger partial charge on any atom is 0.295 e. The fourth-order valence-corrected chi connectivity index (χ4v) is 4.61. The molecule has 2 aromatic carbocycles. The van der Waals surface area contributed by atoms with Crippen LogP contribution in [0.2, 0.25) is 0 Å². The average Bonchev–Trinajstić information content (AvgIpc) is 3.13. The minimum Gasteiger partial charge on any atom is -0.507 e. The number of aliphatic hydroxyl groups excluding tert-OH is 1. The summed E-state index contributed by atoms with van der Waals surface area (Å²) in [5, 5.41) is 11.4. The number of benzene rings is 2. The third-order valence-corrected chi connectivity index (χ3v) is 6.55. The molecular formula is C28H37N3O5. The Bertz CT molecular complexity index is 1110. The molecule has 0 aromatic heterocycles. The molecule has 1 saturated heterocycles. The smallest absolute Gasteiger partial charge is 0.295 e. The van der Waals surface area contributed by atoms with Crippen molar-refractivity contribution >= 4 is 23.1 Å². The van der Waals surface area contributed by atoms with Gasteiger partial charge in [-0.3, -0.25) is 9.59 Å². The fraction of sp³-hybridized carbons (Fsp3) is 0.429. The molecule has 194 valence electrons. The minimum atomic E-state index is -0.704. The number of carbonyl (C=O) groups is 2. The molecule has 1 heterocycles. The van der Waals surface area contributed by atoms with Gasteiger partial charge in [-0.1, -0.05) is 12.1 Å². The van der Waals surface area contributed by atoms with E-state index in [0.717, 1.165) is 30.9 Å². The zero-order chi connectivity index (χ0) is 26.4. The van der Waals surface area contributed by atoms with Gasteiger partial charge in [0.25, 0.3) is 11.7 Å². The van der Waals surface area contributed by atoms with Crippen LogP contribution in [0.3, 0.4) is 0 Å². The number of rotatable bonds is 11. The van der Waals surface area contributed by atoms with Gasteiger partial charge < -0.3 is 29.3 Å². The van der Waals surface area contributed by atoms with Crippen molar-refractivity contribution in [2.24, 2.45) is 0 Å². The lowest BCUT2D eigenvalue weighted by atomic mass is 9.94. The largest absolute Gasteiger partial charge is 0.507 e. The predicted molar refractivity (Wildman–Crippen MR) is 142 cm³/mol. The number of anilines is 1. The van der Waals surface area contributed by atoms with Crippen molar-refractivity contribution < 1.29 is 24.2 Å². The number of nitrogens with zero attached hydrogens (tertiary/aromatic N) is 3. The van der Waals surface area contributed by atoms with Gasteiger partial charge in [-0.05, 0) is 70.7 Å². The van der Waals surface area contributed by atoms with E-state index in [4.69, 9.17) is 9.47 Å². The van der Waals surface area contributed by atoms with Gasteiger partial charge in [0.05, 0.1) is 31.4 Å². The topological polar surface area (TPSA) is 82.5 Å². The van der Waals surface area contributed by atoms with E-state index in [2.05, 4.69) is 18.7 Å². The van der Waals surface area contributed by atoms with Crippen molar-refractivity contribution in [1.29, 1.82) is 0 Å². The highest BCUT2D eigenvalue weighted by molar-refractivity contribution is 6.46. The van der Waals surface area contributed by atoms with Crippen molar-refractivity contribution in [3.05, 3.63) is 59.2 Å². The number of hydrogen-bond acceptors (Lipinski definition) is 7. The fourth-order valence-electron chi connectivity index (χ4n) is 4.61. The summed E-state index contributed by atoms with van der Waals surface area (Å²) in [6.07, 6.45) is 0.694. The second-order valence-corrected chi connectivity index (χ2v) is 8.98. The normalized spacial score (nSPS) is 17.1. The Balaban J connectivity index is 2.13. The van der Waals surface area contributed by atoms with Crippen LogP contribution in [0.4, 0.5) is 5.69 Å². The van der Waals surface area contributed by atoms with Crippen LogP contribution in [0.15, 0.2) is 48.0 Å². The van der Waals surface area contributed by atoms with E-state index in [0.29, 0.717) is 30.0 Å². The van der Waals surface area contributed by atoms with Crippen LogP contribution < -0.4 is 14.4 Å². The van der Waals surface area contributed by atoms with Gasteiger partial charge in [-0.25, -0.2) is 0 Å². The second-order valence-electron chi connectivity index (χ2n) is 8.98. The van der Waals surface area contributed by atoms with E-state index in [1.54, 1.807) is 23.1 Å². The molecule has 1 N–H and O–H groups in total.